The van der Waals surface area contributed by atoms with E-state index in [-0.39, 0.29) is 18.2 Å². The molecule has 1 atom stereocenters. The van der Waals surface area contributed by atoms with Gasteiger partial charge in [0, 0.05) is 18.6 Å². The van der Waals surface area contributed by atoms with Crippen LogP contribution in [-0.4, -0.2) is 42.0 Å². The van der Waals surface area contributed by atoms with E-state index in [1.807, 2.05) is 20.8 Å². The SMILES string of the molecule is CC(C)C(CNC(=O)OC(C)(C)C)CNC1(CO)CCCC1. The summed E-state index contributed by atoms with van der Waals surface area (Å²) in [5.74, 6) is 0.760. The Kier molecular flexibility index (Phi) is 7.13. The fourth-order valence-electron chi connectivity index (χ4n) is 2.86. The monoisotopic (exact) mass is 314 g/mol. The van der Waals surface area contributed by atoms with Crippen LogP contribution >= 0.6 is 0 Å². The number of carbonyl (C=O) groups is 1. The van der Waals surface area contributed by atoms with Crippen molar-refractivity contribution in [1.29, 1.82) is 0 Å². The second kappa shape index (κ2) is 8.16. The van der Waals surface area contributed by atoms with Crippen molar-refractivity contribution in [2.75, 3.05) is 19.7 Å². The van der Waals surface area contributed by atoms with Gasteiger partial charge in [-0.25, -0.2) is 4.79 Å². The Hall–Kier alpha value is -0.810. The minimum absolute atomic E-state index is 0.112. The minimum atomic E-state index is -0.472. The summed E-state index contributed by atoms with van der Waals surface area (Å²) in [7, 11) is 0. The van der Waals surface area contributed by atoms with Gasteiger partial charge in [0.05, 0.1) is 6.61 Å². The molecule has 0 aromatic carbocycles. The van der Waals surface area contributed by atoms with Crippen LogP contribution in [0.2, 0.25) is 0 Å². The van der Waals surface area contributed by atoms with E-state index in [0.29, 0.717) is 18.4 Å². The molecular weight excluding hydrogens is 280 g/mol. The molecule has 0 saturated heterocycles. The Morgan fingerprint density at radius 1 is 1.23 bits per heavy atom. The third-order valence-corrected chi connectivity index (χ3v) is 4.45. The van der Waals surface area contributed by atoms with Crippen LogP contribution in [0.4, 0.5) is 4.79 Å². The van der Waals surface area contributed by atoms with Crippen molar-refractivity contribution in [1.82, 2.24) is 10.6 Å². The first-order chi connectivity index (χ1) is 10.2. The molecule has 5 nitrogen and oxygen atoms in total. The lowest BCUT2D eigenvalue weighted by molar-refractivity contribution is 0.0512. The number of amides is 1. The van der Waals surface area contributed by atoms with E-state index in [9.17, 15) is 9.90 Å². The average Bonchev–Trinajstić information content (AvgIpc) is 2.85. The van der Waals surface area contributed by atoms with E-state index in [0.717, 1.165) is 19.4 Å². The van der Waals surface area contributed by atoms with Gasteiger partial charge < -0.3 is 20.5 Å². The third kappa shape index (κ3) is 6.53. The summed E-state index contributed by atoms with van der Waals surface area (Å²) in [6, 6.07) is 0. The van der Waals surface area contributed by atoms with Crippen molar-refractivity contribution in [3.63, 3.8) is 0 Å². The van der Waals surface area contributed by atoms with Gasteiger partial charge in [0.15, 0.2) is 0 Å². The van der Waals surface area contributed by atoms with Crippen LogP contribution in [0.3, 0.4) is 0 Å². The van der Waals surface area contributed by atoms with Crippen LogP contribution < -0.4 is 10.6 Å². The van der Waals surface area contributed by atoms with Gasteiger partial charge in [0.2, 0.25) is 0 Å². The van der Waals surface area contributed by atoms with E-state index in [4.69, 9.17) is 4.74 Å². The maximum absolute atomic E-state index is 11.8. The fraction of sp³-hybridized carbons (Fsp3) is 0.941. The second-order valence-corrected chi connectivity index (χ2v) is 7.91. The van der Waals surface area contributed by atoms with Crippen LogP contribution in [0.5, 0.6) is 0 Å². The van der Waals surface area contributed by atoms with Crippen molar-refractivity contribution in [3.05, 3.63) is 0 Å². The molecule has 1 aliphatic rings. The maximum atomic E-state index is 11.8. The molecule has 3 N–H and O–H groups in total. The van der Waals surface area contributed by atoms with Crippen LogP contribution in [0.1, 0.15) is 60.3 Å². The first-order valence-electron chi connectivity index (χ1n) is 8.50. The number of hydrogen-bond donors (Lipinski definition) is 3. The van der Waals surface area contributed by atoms with Gasteiger partial charge >= 0.3 is 6.09 Å². The Bertz CT molecular complexity index is 344. The van der Waals surface area contributed by atoms with Gasteiger partial charge in [-0.05, 0) is 45.4 Å². The summed E-state index contributed by atoms with van der Waals surface area (Å²) in [6.07, 6.45) is 4.06. The Morgan fingerprint density at radius 3 is 2.27 bits per heavy atom. The number of carbonyl (C=O) groups excluding carboxylic acids is 1. The lowest BCUT2D eigenvalue weighted by atomic mass is 9.92. The molecule has 5 heteroatoms. The van der Waals surface area contributed by atoms with Gasteiger partial charge in [-0.2, -0.15) is 0 Å². The summed E-state index contributed by atoms with van der Waals surface area (Å²) in [5, 5.41) is 16.1. The molecule has 0 heterocycles. The number of alkyl carbamates (subject to hydrolysis) is 1. The summed E-state index contributed by atoms with van der Waals surface area (Å²) < 4.78 is 5.28. The molecule has 0 bridgehead atoms. The second-order valence-electron chi connectivity index (χ2n) is 7.91. The molecule has 1 amide bonds. The maximum Gasteiger partial charge on any atom is 0.407 e. The third-order valence-electron chi connectivity index (χ3n) is 4.45. The average molecular weight is 314 g/mol. The molecule has 22 heavy (non-hydrogen) atoms. The topological polar surface area (TPSA) is 70.6 Å². The van der Waals surface area contributed by atoms with E-state index in [2.05, 4.69) is 24.5 Å². The van der Waals surface area contributed by atoms with Gasteiger partial charge in [-0.3, -0.25) is 0 Å². The summed E-state index contributed by atoms with van der Waals surface area (Å²) >= 11 is 0. The van der Waals surface area contributed by atoms with Crippen molar-refractivity contribution in [3.8, 4) is 0 Å². The molecule has 0 radical (unpaired) electrons. The highest BCUT2D eigenvalue weighted by molar-refractivity contribution is 5.67. The molecule has 0 spiro atoms. The van der Waals surface area contributed by atoms with Crippen molar-refractivity contribution < 1.29 is 14.6 Å². The molecule has 130 valence electrons. The largest absolute Gasteiger partial charge is 0.444 e. The van der Waals surface area contributed by atoms with Crippen molar-refractivity contribution >= 4 is 6.09 Å². The standard InChI is InChI=1S/C17H34N2O3/c1-13(2)14(10-18-15(21)22-16(3,4)5)11-19-17(12-20)8-6-7-9-17/h13-14,19-20H,6-12H2,1-5H3,(H,18,21). The zero-order chi connectivity index (χ0) is 16.8. The van der Waals surface area contributed by atoms with Gasteiger partial charge in [-0.1, -0.05) is 26.7 Å². The zero-order valence-electron chi connectivity index (χ0n) is 14.9. The first kappa shape index (κ1) is 19.2. The molecule has 1 fully saturated rings. The van der Waals surface area contributed by atoms with Gasteiger partial charge in [0.1, 0.15) is 5.60 Å². The normalized spacial score (nSPS) is 19.2. The Labute approximate surface area is 135 Å². The number of aliphatic hydroxyl groups is 1. The number of nitrogens with one attached hydrogen (secondary N) is 2. The lowest BCUT2D eigenvalue weighted by Gasteiger charge is -2.32. The Morgan fingerprint density at radius 2 is 1.82 bits per heavy atom. The molecule has 0 aromatic heterocycles. The van der Waals surface area contributed by atoms with Gasteiger partial charge in [-0.15, -0.1) is 0 Å². The van der Waals surface area contributed by atoms with Crippen LogP contribution in [-0.2, 0) is 4.74 Å². The highest BCUT2D eigenvalue weighted by Gasteiger charge is 2.33. The van der Waals surface area contributed by atoms with E-state index < -0.39 is 5.60 Å². The number of rotatable bonds is 7. The van der Waals surface area contributed by atoms with Crippen LogP contribution in [0.25, 0.3) is 0 Å². The zero-order valence-corrected chi connectivity index (χ0v) is 14.9. The highest BCUT2D eigenvalue weighted by Crippen LogP contribution is 2.29. The molecular formula is C17H34N2O3. The molecule has 0 aromatic rings. The molecule has 1 saturated carbocycles. The predicted octanol–water partition coefficient (Wildman–Crippen LogP) is 2.68. The highest BCUT2D eigenvalue weighted by atomic mass is 16.6. The summed E-state index contributed by atoms with van der Waals surface area (Å²) in [6.45, 7) is 11.5. The number of aliphatic hydroxyl groups excluding tert-OH is 1. The number of ether oxygens (including phenoxy) is 1. The lowest BCUT2D eigenvalue weighted by Crippen LogP contribution is -2.50. The number of hydrogen-bond acceptors (Lipinski definition) is 4. The minimum Gasteiger partial charge on any atom is -0.444 e. The van der Waals surface area contributed by atoms with Crippen molar-refractivity contribution in [2.24, 2.45) is 11.8 Å². The predicted molar refractivity (Wildman–Crippen MR) is 88.9 cm³/mol. The molecule has 1 unspecified atom stereocenters. The van der Waals surface area contributed by atoms with E-state index in [1.54, 1.807) is 0 Å². The van der Waals surface area contributed by atoms with Crippen LogP contribution in [0.15, 0.2) is 0 Å². The first-order valence-corrected chi connectivity index (χ1v) is 8.50. The van der Waals surface area contributed by atoms with Crippen molar-refractivity contribution in [2.45, 2.75) is 71.4 Å². The quantitative estimate of drug-likeness (QED) is 0.676. The summed E-state index contributed by atoms with van der Waals surface area (Å²) in [4.78, 5) is 11.8. The summed E-state index contributed by atoms with van der Waals surface area (Å²) in [5.41, 5.74) is -0.584. The molecule has 0 aliphatic heterocycles. The van der Waals surface area contributed by atoms with E-state index in [1.165, 1.54) is 12.8 Å². The molecule has 1 rings (SSSR count). The smallest absolute Gasteiger partial charge is 0.407 e. The fourth-order valence-corrected chi connectivity index (χ4v) is 2.86. The molecule has 1 aliphatic carbocycles. The van der Waals surface area contributed by atoms with Gasteiger partial charge in [0.25, 0.3) is 0 Å². The van der Waals surface area contributed by atoms with Crippen LogP contribution in [0, 0.1) is 11.8 Å². The van der Waals surface area contributed by atoms with E-state index >= 15 is 0 Å². The Balaban J connectivity index is 2.43.